The largest absolute Gasteiger partial charge is 0.382 e. The van der Waals surface area contributed by atoms with E-state index in [1.165, 1.54) is 0 Å². The van der Waals surface area contributed by atoms with Gasteiger partial charge in [0.15, 0.2) is 5.78 Å². The van der Waals surface area contributed by atoms with Crippen molar-refractivity contribution in [2.45, 2.75) is 0 Å². The minimum atomic E-state index is -0.190. The maximum Gasteiger partial charge on any atom is 0.255 e. The molecule has 0 aromatic heterocycles. The molecular formula is C27H27N3O3. The molecule has 168 valence electrons. The molecule has 33 heavy (non-hydrogen) atoms. The number of carbonyl (C=O) groups is 2. The normalized spacial score (nSPS) is 13.3. The maximum absolute atomic E-state index is 12.8. The second-order valence-electron chi connectivity index (χ2n) is 7.75. The van der Waals surface area contributed by atoms with Crippen molar-refractivity contribution in [1.29, 1.82) is 0 Å². The Balaban J connectivity index is 1.36. The van der Waals surface area contributed by atoms with Crippen molar-refractivity contribution in [3.8, 4) is 0 Å². The lowest BCUT2D eigenvalue weighted by Crippen LogP contribution is -2.36. The van der Waals surface area contributed by atoms with Gasteiger partial charge in [0, 0.05) is 53.4 Å². The zero-order valence-corrected chi connectivity index (χ0v) is 18.4. The average molecular weight is 442 g/mol. The molecule has 2 N–H and O–H groups in total. The summed E-state index contributed by atoms with van der Waals surface area (Å²) in [5, 5.41) is 6.07. The van der Waals surface area contributed by atoms with Crippen LogP contribution in [0.15, 0.2) is 85.5 Å². The molecule has 0 atom stereocenters. The first kappa shape index (κ1) is 22.3. The van der Waals surface area contributed by atoms with Gasteiger partial charge in [0.25, 0.3) is 5.91 Å². The Kier molecular flexibility index (Phi) is 7.17. The Morgan fingerprint density at radius 2 is 1.36 bits per heavy atom. The Morgan fingerprint density at radius 3 is 1.94 bits per heavy atom. The molecular weight excluding hydrogens is 414 g/mol. The molecule has 0 radical (unpaired) electrons. The summed E-state index contributed by atoms with van der Waals surface area (Å²) in [4.78, 5) is 27.6. The van der Waals surface area contributed by atoms with Crippen molar-refractivity contribution in [3.05, 3.63) is 102 Å². The van der Waals surface area contributed by atoms with Crippen molar-refractivity contribution in [1.82, 2.24) is 0 Å². The Labute approximate surface area is 193 Å². The fraction of sp³-hybridized carbons (Fsp3) is 0.185. The van der Waals surface area contributed by atoms with Crippen LogP contribution < -0.4 is 15.5 Å². The summed E-state index contributed by atoms with van der Waals surface area (Å²) in [6, 6.07) is 21.8. The number of anilines is 3. The standard InChI is InChI=1S/C27H27N3O3/c1-2-15-28-23-9-3-20(4-10-23)26(31)21-5-11-24(12-6-21)29-27(32)22-7-13-25(14-8-22)30-16-18-33-19-17-30/h2-14,28H,1,15-19H2,(H,29,32). The third-order valence-electron chi connectivity index (χ3n) is 5.51. The van der Waals surface area contributed by atoms with Crippen LogP contribution in [0.3, 0.4) is 0 Å². The van der Waals surface area contributed by atoms with Crippen LogP contribution in [-0.4, -0.2) is 44.5 Å². The fourth-order valence-corrected chi connectivity index (χ4v) is 3.65. The molecule has 4 rings (SSSR count). The average Bonchev–Trinajstić information content (AvgIpc) is 2.88. The van der Waals surface area contributed by atoms with E-state index in [0.717, 1.165) is 37.7 Å². The molecule has 6 heteroatoms. The van der Waals surface area contributed by atoms with E-state index in [-0.39, 0.29) is 11.7 Å². The molecule has 0 spiro atoms. The summed E-state index contributed by atoms with van der Waals surface area (Å²) >= 11 is 0. The van der Waals surface area contributed by atoms with Gasteiger partial charge < -0.3 is 20.3 Å². The molecule has 1 fully saturated rings. The van der Waals surface area contributed by atoms with Crippen LogP contribution in [0.1, 0.15) is 26.3 Å². The van der Waals surface area contributed by atoms with Gasteiger partial charge in [0.05, 0.1) is 13.2 Å². The number of hydrogen-bond acceptors (Lipinski definition) is 5. The maximum atomic E-state index is 12.8. The lowest BCUT2D eigenvalue weighted by molar-refractivity contribution is 0.102. The van der Waals surface area contributed by atoms with E-state index in [2.05, 4.69) is 22.1 Å². The summed E-state index contributed by atoms with van der Waals surface area (Å²) < 4.78 is 5.38. The Hall–Kier alpha value is -3.90. The van der Waals surface area contributed by atoms with E-state index >= 15 is 0 Å². The minimum absolute atomic E-state index is 0.0677. The van der Waals surface area contributed by atoms with Gasteiger partial charge in [-0.25, -0.2) is 0 Å². The topological polar surface area (TPSA) is 70.7 Å². The van der Waals surface area contributed by atoms with Crippen LogP contribution in [0.25, 0.3) is 0 Å². The number of nitrogens with one attached hydrogen (secondary N) is 2. The SMILES string of the molecule is C=CCNc1ccc(C(=O)c2ccc(NC(=O)c3ccc(N4CCOCC4)cc3)cc2)cc1. The zero-order chi connectivity index (χ0) is 23.0. The molecule has 0 saturated carbocycles. The summed E-state index contributed by atoms with van der Waals surface area (Å²) in [6.07, 6.45) is 1.78. The molecule has 1 amide bonds. The number of rotatable bonds is 8. The zero-order valence-electron chi connectivity index (χ0n) is 18.4. The number of benzene rings is 3. The highest BCUT2D eigenvalue weighted by Gasteiger charge is 2.13. The summed E-state index contributed by atoms with van der Waals surface area (Å²) in [6.45, 7) is 7.49. The highest BCUT2D eigenvalue weighted by atomic mass is 16.5. The van der Waals surface area contributed by atoms with Crippen molar-refractivity contribution in [2.24, 2.45) is 0 Å². The van der Waals surface area contributed by atoms with Gasteiger partial charge in [-0.3, -0.25) is 9.59 Å². The molecule has 1 aliphatic rings. The first-order chi connectivity index (χ1) is 16.1. The van der Waals surface area contributed by atoms with Crippen LogP contribution in [0.2, 0.25) is 0 Å². The second kappa shape index (κ2) is 10.6. The van der Waals surface area contributed by atoms with Crippen LogP contribution >= 0.6 is 0 Å². The van der Waals surface area contributed by atoms with Gasteiger partial charge in [-0.1, -0.05) is 6.08 Å². The Bertz CT molecular complexity index is 1100. The van der Waals surface area contributed by atoms with E-state index in [1.807, 2.05) is 36.4 Å². The summed E-state index contributed by atoms with van der Waals surface area (Å²) in [7, 11) is 0. The molecule has 0 aliphatic carbocycles. The van der Waals surface area contributed by atoms with E-state index in [1.54, 1.807) is 42.5 Å². The summed E-state index contributed by atoms with van der Waals surface area (Å²) in [5.74, 6) is -0.257. The smallest absolute Gasteiger partial charge is 0.255 e. The first-order valence-electron chi connectivity index (χ1n) is 11.0. The van der Waals surface area contributed by atoms with E-state index in [9.17, 15) is 9.59 Å². The van der Waals surface area contributed by atoms with E-state index in [0.29, 0.717) is 28.9 Å². The molecule has 0 bridgehead atoms. The number of morpholine rings is 1. The minimum Gasteiger partial charge on any atom is -0.382 e. The number of amides is 1. The third kappa shape index (κ3) is 5.67. The lowest BCUT2D eigenvalue weighted by Gasteiger charge is -2.28. The van der Waals surface area contributed by atoms with Crippen LogP contribution in [0, 0.1) is 0 Å². The molecule has 3 aromatic carbocycles. The number of ether oxygens (including phenoxy) is 1. The highest BCUT2D eigenvalue weighted by Crippen LogP contribution is 2.19. The quantitative estimate of drug-likeness (QED) is 0.395. The van der Waals surface area contributed by atoms with Gasteiger partial charge in [-0.15, -0.1) is 6.58 Å². The van der Waals surface area contributed by atoms with Crippen molar-refractivity contribution in [3.63, 3.8) is 0 Å². The predicted molar refractivity (Wildman–Crippen MR) is 132 cm³/mol. The third-order valence-corrected chi connectivity index (χ3v) is 5.51. The number of ketones is 1. The highest BCUT2D eigenvalue weighted by molar-refractivity contribution is 6.09. The predicted octanol–water partition coefficient (Wildman–Crippen LogP) is 4.60. The van der Waals surface area contributed by atoms with Gasteiger partial charge in [0.1, 0.15) is 0 Å². The van der Waals surface area contributed by atoms with Crippen molar-refractivity contribution in [2.75, 3.05) is 48.4 Å². The summed E-state index contributed by atoms with van der Waals surface area (Å²) in [5.41, 5.74) is 4.41. The van der Waals surface area contributed by atoms with Gasteiger partial charge in [-0.05, 0) is 72.8 Å². The fourth-order valence-electron chi connectivity index (χ4n) is 3.65. The molecule has 6 nitrogen and oxygen atoms in total. The van der Waals surface area contributed by atoms with Crippen LogP contribution in [-0.2, 0) is 4.74 Å². The van der Waals surface area contributed by atoms with Crippen LogP contribution in [0.4, 0.5) is 17.1 Å². The number of carbonyl (C=O) groups excluding carboxylic acids is 2. The molecule has 1 aliphatic heterocycles. The molecule has 1 saturated heterocycles. The van der Waals surface area contributed by atoms with Gasteiger partial charge in [0.2, 0.25) is 0 Å². The van der Waals surface area contributed by atoms with Crippen molar-refractivity contribution < 1.29 is 14.3 Å². The van der Waals surface area contributed by atoms with Crippen molar-refractivity contribution >= 4 is 28.8 Å². The van der Waals surface area contributed by atoms with Gasteiger partial charge in [-0.2, -0.15) is 0 Å². The molecule has 1 heterocycles. The first-order valence-corrected chi connectivity index (χ1v) is 11.0. The Morgan fingerprint density at radius 1 is 0.818 bits per heavy atom. The number of nitrogens with zero attached hydrogens (tertiary/aromatic N) is 1. The molecule has 3 aromatic rings. The van der Waals surface area contributed by atoms with E-state index < -0.39 is 0 Å². The van der Waals surface area contributed by atoms with E-state index in [4.69, 9.17) is 4.74 Å². The second-order valence-corrected chi connectivity index (χ2v) is 7.75. The van der Waals surface area contributed by atoms with Crippen LogP contribution in [0.5, 0.6) is 0 Å². The van der Waals surface area contributed by atoms with Gasteiger partial charge >= 0.3 is 0 Å². The monoisotopic (exact) mass is 441 g/mol. The molecule has 0 unspecified atom stereocenters. The number of hydrogen-bond donors (Lipinski definition) is 2. The lowest BCUT2D eigenvalue weighted by atomic mass is 10.0.